The SMILES string of the molecule is CC1CC(NC(=O)C(CN)CC(C)(C)C)CCO1. The second-order valence-corrected chi connectivity index (χ2v) is 6.61. The smallest absolute Gasteiger partial charge is 0.224 e. The van der Waals surface area contributed by atoms with E-state index in [-0.39, 0.29) is 29.4 Å². The monoisotopic (exact) mass is 256 g/mol. The maximum Gasteiger partial charge on any atom is 0.224 e. The van der Waals surface area contributed by atoms with E-state index in [9.17, 15) is 4.79 Å². The van der Waals surface area contributed by atoms with Gasteiger partial charge in [-0.3, -0.25) is 4.79 Å². The van der Waals surface area contributed by atoms with E-state index in [4.69, 9.17) is 10.5 Å². The molecule has 1 amide bonds. The number of hydrogen-bond acceptors (Lipinski definition) is 3. The zero-order valence-electron chi connectivity index (χ0n) is 12.2. The van der Waals surface area contributed by atoms with Gasteiger partial charge in [0.1, 0.15) is 0 Å². The van der Waals surface area contributed by atoms with Gasteiger partial charge in [-0.1, -0.05) is 20.8 Å². The predicted octanol–water partition coefficient (Wildman–Crippen LogP) is 1.68. The van der Waals surface area contributed by atoms with E-state index in [1.54, 1.807) is 0 Å². The summed E-state index contributed by atoms with van der Waals surface area (Å²) in [7, 11) is 0. The Morgan fingerprint density at radius 3 is 2.67 bits per heavy atom. The van der Waals surface area contributed by atoms with Crippen LogP contribution in [0.4, 0.5) is 0 Å². The Bertz CT molecular complexity index is 273. The highest BCUT2D eigenvalue weighted by atomic mass is 16.5. The van der Waals surface area contributed by atoms with Gasteiger partial charge in [-0.2, -0.15) is 0 Å². The fourth-order valence-electron chi connectivity index (χ4n) is 2.47. The van der Waals surface area contributed by atoms with Crippen molar-refractivity contribution in [3.8, 4) is 0 Å². The largest absolute Gasteiger partial charge is 0.378 e. The number of hydrogen-bond donors (Lipinski definition) is 2. The number of ether oxygens (including phenoxy) is 1. The van der Waals surface area contributed by atoms with E-state index >= 15 is 0 Å². The van der Waals surface area contributed by atoms with Crippen molar-refractivity contribution in [1.29, 1.82) is 0 Å². The Balaban J connectivity index is 2.46. The quantitative estimate of drug-likeness (QED) is 0.804. The molecule has 106 valence electrons. The minimum Gasteiger partial charge on any atom is -0.378 e. The molecule has 1 saturated heterocycles. The lowest BCUT2D eigenvalue weighted by Crippen LogP contribution is -2.45. The fourth-order valence-corrected chi connectivity index (χ4v) is 2.47. The van der Waals surface area contributed by atoms with Gasteiger partial charge in [-0.25, -0.2) is 0 Å². The number of rotatable bonds is 4. The summed E-state index contributed by atoms with van der Waals surface area (Å²) in [6.07, 6.45) is 2.87. The van der Waals surface area contributed by atoms with E-state index in [2.05, 4.69) is 26.1 Å². The second kappa shape index (κ2) is 6.53. The molecule has 18 heavy (non-hydrogen) atoms. The molecule has 0 aromatic rings. The predicted molar refractivity (Wildman–Crippen MR) is 73.2 cm³/mol. The molecular weight excluding hydrogens is 228 g/mol. The van der Waals surface area contributed by atoms with Crippen molar-refractivity contribution < 1.29 is 9.53 Å². The number of nitrogens with two attached hydrogens (primary N) is 1. The molecule has 0 saturated carbocycles. The maximum atomic E-state index is 12.2. The van der Waals surface area contributed by atoms with E-state index in [1.165, 1.54) is 0 Å². The highest BCUT2D eigenvalue weighted by Gasteiger charge is 2.27. The van der Waals surface area contributed by atoms with Crippen LogP contribution in [0.2, 0.25) is 0 Å². The topological polar surface area (TPSA) is 64.4 Å². The molecule has 1 fully saturated rings. The van der Waals surface area contributed by atoms with Crippen LogP contribution >= 0.6 is 0 Å². The molecule has 0 spiro atoms. The summed E-state index contributed by atoms with van der Waals surface area (Å²) in [5.41, 5.74) is 5.86. The van der Waals surface area contributed by atoms with Gasteiger partial charge in [0, 0.05) is 19.2 Å². The Hall–Kier alpha value is -0.610. The van der Waals surface area contributed by atoms with E-state index in [0.29, 0.717) is 6.54 Å². The Kier molecular flexibility index (Phi) is 5.60. The van der Waals surface area contributed by atoms with Gasteiger partial charge in [-0.05, 0) is 31.6 Å². The molecular formula is C14H28N2O2. The Morgan fingerprint density at radius 2 is 2.17 bits per heavy atom. The minimum atomic E-state index is -0.0804. The lowest BCUT2D eigenvalue weighted by molar-refractivity contribution is -0.127. The first kappa shape index (κ1) is 15.4. The summed E-state index contributed by atoms with van der Waals surface area (Å²) in [6.45, 7) is 9.62. The molecule has 0 bridgehead atoms. The van der Waals surface area contributed by atoms with Crippen molar-refractivity contribution in [2.75, 3.05) is 13.2 Å². The third kappa shape index (κ3) is 5.36. The minimum absolute atomic E-state index is 0.0804. The number of nitrogens with one attached hydrogen (secondary N) is 1. The normalized spacial score (nSPS) is 26.7. The lowest BCUT2D eigenvalue weighted by atomic mass is 9.84. The molecule has 1 aliphatic rings. The van der Waals surface area contributed by atoms with Crippen LogP contribution < -0.4 is 11.1 Å². The lowest BCUT2D eigenvalue weighted by Gasteiger charge is -2.30. The van der Waals surface area contributed by atoms with Crippen LogP contribution in [0, 0.1) is 11.3 Å². The molecule has 0 aliphatic carbocycles. The summed E-state index contributed by atoms with van der Waals surface area (Å²) in [4.78, 5) is 12.2. The van der Waals surface area contributed by atoms with Gasteiger partial charge in [0.25, 0.3) is 0 Å². The molecule has 1 heterocycles. The van der Waals surface area contributed by atoms with E-state index in [0.717, 1.165) is 25.9 Å². The number of carbonyl (C=O) groups is 1. The van der Waals surface area contributed by atoms with Crippen molar-refractivity contribution in [3.05, 3.63) is 0 Å². The molecule has 3 unspecified atom stereocenters. The van der Waals surface area contributed by atoms with Gasteiger partial charge < -0.3 is 15.8 Å². The van der Waals surface area contributed by atoms with Crippen LogP contribution in [0.3, 0.4) is 0 Å². The average molecular weight is 256 g/mol. The molecule has 3 N–H and O–H groups in total. The summed E-state index contributed by atoms with van der Waals surface area (Å²) >= 11 is 0. The highest BCUT2D eigenvalue weighted by Crippen LogP contribution is 2.24. The molecule has 4 nitrogen and oxygen atoms in total. The maximum absolute atomic E-state index is 12.2. The number of carbonyl (C=O) groups excluding carboxylic acids is 1. The molecule has 1 aliphatic heterocycles. The van der Waals surface area contributed by atoms with Crippen LogP contribution in [0.1, 0.15) is 47.0 Å². The third-order valence-corrected chi connectivity index (χ3v) is 3.35. The van der Waals surface area contributed by atoms with Gasteiger partial charge in [0.05, 0.1) is 12.0 Å². The summed E-state index contributed by atoms with van der Waals surface area (Å²) in [5, 5.41) is 3.12. The van der Waals surface area contributed by atoms with Crippen LogP contribution in [-0.2, 0) is 9.53 Å². The van der Waals surface area contributed by atoms with Crippen LogP contribution in [0.5, 0.6) is 0 Å². The second-order valence-electron chi connectivity index (χ2n) is 6.61. The van der Waals surface area contributed by atoms with Crippen LogP contribution in [0.25, 0.3) is 0 Å². The Labute approximate surface area is 111 Å². The van der Waals surface area contributed by atoms with E-state index < -0.39 is 0 Å². The standard InChI is InChI=1S/C14H28N2O2/c1-10-7-12(5-6-18-10)16-13(17)11(9-15)8-14(2,3)4/h10-12H,5-9,15H2,1-4H3,(H,16,17). The molecule has 0 aromatic carbocycles. The van der Waals surface area contributed by atoms with Crippen LogP contribution in [-0.4, -0.2) is 31.2 Å². The van der Waals surface area contributed by atoms with Crippen molar-refractivity contribution >= 4 is 5.91 Å². The number of amides is 1. The van der Waals surface area contributed by atoms with Crippen molar-refractivity contribution in [2.45, 2.75) is 59.1 Å². The van der Waals surface area contributed by atoms with Gasteiger partial charge >= 0.3 is 0 Å². The van der Waals surface area contributed by atoms with Crippen molar-refractivity contribution in [1.82, 2.24) is 5.32 Å². The first-order valence-corrected chi connectivity index (χ1v) is 6.94. The van der Waals surface area contributed by atoms with E-state index in [1.807, 2.05) is 6.92 Å². The fraction of sp³-hybridized carbons (Fsp3) is 0.929. The average Bonchev–Trinajstić information content (AvgIpc) is 2.24. The molecule has 4 heteroatoms. The third-order valence-electron chi connectivity index (χ3n) is 3.35. The summed E-state index contributed by atoms with van der Waals surface area (Å²) in [6, 6.07) is 0.246. The van der Waals surface area contributed by atoms with Crippen LogP contribution in [0.15, 0.2) is 0 Å². The Morgan fingerprint density at radius 1 is 1.50 bits per heavy atom. The van der Waals surface area contributed by atoms with Crippen molar-refractivity contribution in [2.24, 2.45) is 17.1 Å². The highest BCUT2D eigenvalue weighted by molar-refractivity contribution is 5.79. The molecule has 3 atom stereocenters. The zero-order chi connectivity index (χ0) is 13.8. The van der Waals surface area contributed by atoms with Crippen molar-refractivity contribution in [3.63, 3.8) is 0 Å². The summed E-state index contributed by atoms with van der Waals surface area (Å²) in [5.74, 6) is 0.0228. The molecule has 0 aromatic heterocycles. The first-order chi connectivity index (χ1) is 8.31. The van der Waals surface area contributed by atoms with Gasteiger partial charge in [0.2, 0.25) is 5.91 Å². The molecule has 1 rings (SSSR count). The summed E-state index contributed by atoms with van der Waals surface area (Å²) < 4.78 is 5.48. The zero-order valence-corrected chi connectivity index (χ0v) is 12.2. The first-order valence-electron chi connectivity index (χ1n) is 6.94. The molecule has 0 radical (unpaired) electrons. The van der Waals surface area contributed by atoms with Gasteiger partial charge in [-0.15, -0.1) is 0 Å². The van der Waals surface area contributed by atoms with Gasteiger partial charge in [0.15, 0.2) is 0 Å².